The third kappa shape index (κ3) is 2.34. The van der Waals surface area contributed by atoms with Gasteiger partial charge in [0.2, 0.25) is 0 Å². The van der Waals surface area contributed by atoms with E-state index in [9.17, 15) is 0 Å². The smallest absolute Gasteiger partial charge is 0.137 e. The molecule has 2 heterocycles. The summed E-state index contributed by atoms with van der Waals surface area (Å²) in [5, 5.41) is 4.98. The fourth-order valence-electron chi connectivity index (χ4n) is 3.14. The Morgan fingerprint density at radius 2 is 2.20 bits per heavy atom. The van der Waals surface area contributed by atoms with Crippen molar-refractivity contribution < 1.29 is 4.74 Å². The number of nitrogens with zero attached hydrogens (tertiary/aromatic N) is 3. The number of aromatic nitrogens is 3. The molecule has 0 spiro atoms. The number of rotatable bonds is 4. The van der Waals surface area contributed by atoms with Gasteiger partial charge < -0.3 is 4.74 Å². The van der Waals surface area contributed by atoms with E-state index in [-0.39, 0.29) is 5.60 Å². The maximum absolute atomic E-state index is 6.21. The van der Waals surface area contributed by atoms with Gasteiger partial charge in [0.05, 0.1) is 6.54 Å². The molecule has 2 atom stereocenters. The number of hydrogen-bond donors (Lipinski definition) is 0. The Bertz CT molecular complexity index is 555. The first-order valence-corrected chi connectivity index (χ1v) is 7.35. The number of halogens is 1. The molecule has 0 aliphatic carbocycles. The molecule has 1 aliphatic rings. The van der Waals surface area contributed by atoms with Crippen LogP contribution in [0.5, 0.6) is 0 Å². The predicted octanol–water partition coefficient (Wildman–Crippen LogP) is 3.27. The van der Waals surface area contributed by atoms with Gasteiger partial charge in [-0.1, -0.05) is 37.1 Å². The van der Waals surface area contributed by atoms with Crippen molar-refractivity contribution in [2.24, 2.45) is 5.92 Å². The third-order valence-electron chi connectivity index (χ3n) is 4.17. The van der Waals surface area contributed by atoms with Gasteiger partial charge in [-0.25, -0.2) is 9.67 Å². The normalized spacial score (nSPS) is 26.0. The zero-order valence-corrected chi connectivity index (χ0v) is 12.3. The fourth-order valence-corrected chi connectivity index (χ4v) is 3.27. The van der Waals surface area contributed by atoms with Crippen LogP contribution in [0, 0.1) is 5.92 Å². The highest BCUT2D eigenvalue weighted by molar-refractivity contribution is 6.30. The summed E-state index contributed by atoms with van der Waals surface area (Å²) in [5.74, 6) is 0.480. The van der Waals surface area contributed by atoms with Crippen LogP contribution in [0.25, 0.3) is 0 Å². The van der Waals surface area contributed by atoms with E-state index in [1.54, 1.807) is 12.7 Å². The van der Waals surface area contributed by atoms with E-state index in [0.29, 0.717) is 12.5 Å². The minimum atomic E-state index is -0.326. The summed E-state index contributed by atoms with van der Waals surface area (Å²) in [6.45, 7) is 3.69. The Labute approximate surface area is 123 Å². The number of hydrogen-bond acceptors (Lipinski definition) is 3. The molecule has 0 radical (unpaired) electrons. The second-order valence-electron chi connectivity index (χ2n) is 5.23. The summed E-state index contributed by atoms with van der Waals surface area (Å²) >= 11 is 6.01. The van der Waals surface area contributed by atoms with Gasteiger partial charge in [0.25, 0.3) is 0 Å². The lowest BCUT2D eigenvalue weighted by molar-refractivity contribution is -0.0445. The first kappa shape index (κ1) is 13.6. The Balaban J connectivity index is 2.00. The van der Waals surface area contributed by atoms with Crippen LogP contribution in [0.15, 0.2) is 36.9 Å². The van der Waals surface area contributed by atoms with E-state index in [1.807, 2.05) is 16.8 Å². The van der Waals surface area contributed by atoms with Crippen molar-refractivity contribution in [3.05, 3.63) is 47.5 Å². The standard InChI is InChI=1S/C15H18ClN3O/c1-2-12-7-8-20-15(12,9-19-11-17-10-18-19)13-3-5-14(16)6-4-13/h3-6,10-12H,2,7-9H2,1H3. The van der Waals surface area contributed by atoms with E-state index in [1.165, 1.54) is 5.56 Å². The van der Waals surface area contributed by atoms with Crippen LogP contribution in [-0.4, -0.2) is 21.4 Å². The molecule has 4 nitrogen and oxygen atoms in total. The third-order valence-corrected chi connectivity index (χ3v) is 4.43. The minimum absolute atomic E-state index is 0.326. The van der Waals surface area contributed by atoms with Crippen molar-refractivity contribution in [2.75, 3.05) is 6.61 Å². The minimum Gasteiger partial charge on any atom is -0.368 e. The molecule has 1 aliphatic heterocycles. The summed E-state index contributed by atoms with van der Waals surface area (Å²) in [6.07, 6.45) is 5.46. The van der Waals surface area contributed by atoms with Gasteiger partial charge in [0, 0.05) is 11.6 Å². The van der Waals surface area contributed by atoms with Gasteiger partial charge in [0.1, 0.15) is 18.3 Å². The van der Waals surface area contributed by atoms with Crippen LogP contribution in [0.3, 0.4) is 0 Å². The van der Waals surface area contributed by atoms with E-state index in [4.69, 9.17) is 16.3 Å². The van der Waals surface area contributed by atoms with Gasteiger partial charge >= 0.3 is 0 Å². The second kappa shape index (κ2) is 5.54. The van der Waals surface area contributed by atoms with Crippen molar-refractivity contribution in [2.45, 2.75) is 31.9 Å². The molecule has 0 amide bonds. The Hall–Kier alpha value is -1.39. The van der Waals surface area contributed by atoms with Crippen LogP contribution in [-0.2, 0) is 16.9 Å². The van der Waals surface area contributed by atoms with Crippen molar-refractivity contribution in [3.63, 3.8) is 0 Å². The maximum Gasteiger partial charge on any atom is 0.137 e. The summed E-state index contributed by atoms with van der Waals surface area (Å²) in [7, 11) is 0. The van der Waals surface area contributed by atoms with Crippen molar-refractivity contribution >= 4 is 11.6 Å². The van der Waals surface area contributed by atoms with Gasteiger partial charge in [0.15, 0.2) is 0 Å². The van der Waals surface area contributed by atoms with Crippen LogP contribution < -0.4 is 0 Å². The largest absolute Gasteiger partial charge is 0.368 e. The van der Waals surface area contributed by atoms with Crippen LogP contribution >= 0.6 is 11.6 Å². The lowest BCUT2D eigenvalue weighted by Gasteiger charge is -2.34. The maximum atomic E-state index is 6.21. The molecule has 0 N–H and O–H groups in total. The zero-order chi connectivity index (χ0) is 14.0. The Morgan fingerprint density at radius 3 is 2.85 bits per heavy atom. The predicted molar refractivity (Wildman–Crippen MR) is 77.5 cm³/mol. The molecular weight excluding hydrogens is 274 g/mol. The molecule has 0 bridgehead atoms. The molecule has 2 aromatic rings. The molecule has 1 aromatic carbocycles. The first-order valence-electron chi connectivity index (χ1n) is 6.97. The molecule has 2 unspecified atom stereocenters. The lowest BCUT2D eigenvalue weighted by Crippen LogP contribution is -2.37. The average Bonchev–Trinajstić information content (AvgIpc) is 3.10. The number of benzene rings is 1. The second-order valence-corrected chi connectivity index (χ2v) is 5.67. The van der Waals surface area contributed by atoms with E-state index in [0.717, 1.165) is 24.5 Å². The molecule has 20 heavy (non-hydrogen) atoms. The van der Waals surface area contributed by atoms with Crippen molar-refractivity contribution in [1.29, 1.82) is 0 Å². The van der Waals surface area contributed by atoms with E-state index >= 15 is 0 Å². The van der Waals surface area contributed by atoms with Crippen LogP contribution in [0.2, 0.25) is 5.02 Å². The summed E-state index contributed by atoms with van der Waals surface area (Å²) in [4.78, 5) is 4.03. The van der Waals surface area contributed by atoms with Crippen LogP contribution in [0.1, 0.15) is 25.3 Å². The van der Waals surface area contributed by atoms with Gasteiger partial charge in [-0.3, -0.25) is 0 Å². The quantitative estimate of drug-likeness (QED) is 0.868. The molecule has 106 valence electrons. The highest BCUT2D eigenvalue weighted by Gasteiger charge is 2.45. The number of ether oxygens (including phenoxy) is 1. The summed E-state index contributed by atoms with van der Waals surface area (Å²) < 4.78 is 8.06. The zero-order valence-electron chi connectivity index (χ0n) is 11.5. The average molecular weight is 292 g/mol. The van der Waals surface area contributed by atoms with Crippen molar-refractivity contribution in [1.82, 2.24) is 14.8 Å². The van der Waals surface area contributed by atoms with E-state index in [2.05, 4.69) is 29.1 Å². The van der Waals surface area contributed by atoms with Crippen LogP contribution in [0.4, 0.5) is 0 Å². The molecule has 0 saturated carbocycles. The topological polar surface area (TPSA) is 39.9 Å². The highest BCUT2D eigenvalue weighted by Crippen LogP contribution is 2.44. The summed E-state index contributed by atoms with van der Waals surface area (Å²) in [6, 6.07) is 7.98. The molecule has 1 fully saturated rings. The fraction of sp³-hybridized carbons (Fsp3) is 0.467. The Morgan fingerprint density at radius 1 is 1.40 bits per heavy atom. The molecule has 5 heteroatoms. The molecule has 1 saturated heterocycles. The van der Waals surface area contributed by atoms with Crippen molar-refractivity contribution in [3.8, 4) is 0 Å². The molecular formula is C15H18ClN3O. The first-order chi connectivity index (χ1) is 9.74. The summed E-state index contributed by atoms with van der Waals surface area (Å²) in [5.41, 5.74) is 0.842. The lowest BCUT2D eigenvalue weighted by atomic mass is 9.80. The van der Waals surface area contributed by atoms with E-state index < -0.39 is 0 Å². The Kier molecular flexibility index (Phi) is 3.76. The van der Waals surface area contributed by atoms with Gasteiger partial charge in [-0.05, 0) is 30.0 Å². The monoisotopic (exact) mass is 291 g/mol. The van der Waals surface area contributed by atoms with Gasteiger partial charge in [-0.2, -0.15) is 5.10 Å². The molecule has 3 rings (SSSR count). The molecule has 1 aromatic heterocycles. The van der Waals surface area contributed by atoms with Gasteiger partial charge in [-0.15, -0.1) is 0 Å². The SMILES string of the molecule is CCC1CCOC1(Cn1cncn1)c1ccc(Cl)cc1. The highest BCUT2D eigenvalue weighted by atomic mass is 35.5.